The molecule has 0 radical (unpaired) electrons. The second-order valence-electron chi connectivity index (χ2n) is 6.63. The third-order valence-corrected chi connectivity index (χ3v) is 5.52. The van der Waals surface area contributed by atoms with Crippen molar-refractivity contribution in [3.8, 4) is 11.5 Å². The molecule has 1 aliphatic rings. The number of hydrogen-bond acceptors (Lipinski definition) is 5. The molecule has 1 heterocycles. The normalized spacial score (nSPS) is 15.2. The van der Waals surface area contributed by atoms with Crippen LogP contribution in [0.25, 0.3) is 22.2 Å². The zero-order chi connectivity index (χ0) is 17.8. The smallest absolute Gasteiger partial charge is 0.277 e. The number of carbonyl (C=O) groups is 1. The molecule has 0 unspecified atom stereocenters. The van der Waals surface area contributed by atoms with Gasteiger partial charge in [0.25, 0.3) is 5.22 Å². The molecule has 0 bridgehead atoms. The molecule has 1 aromatic heterocycles. The molecule has 1 aliphatic carbocycles. The minimum atomic E-state index is 0.0346. The summed E-state index contributed by atoms with van der Waals surface area (Å²) in [6.45, 7) is 0. The van der Waals surface area contributed by atoms with E-state index in [2.05, 4.69) is 27.6 Å². The molecule has 5 nitrogen and oxygen atoms in total. The second kappa shape index (κ2) is 7.91. The molecule has 0 atom stereocenters. The van der Waals surface area contributed by atoms with Crippen LogP contribution in [0, 0.1) is 0 Å². The van der Waals surface area contributed by atoms with Crippen LogP contribution in [-0.4, -0.2) is 27.9 Å². The lowest BCUT2D eigenvalue weighted by Gasteiger charge is -2.22. The molecule has 2 aromatic carbocycles. The highest BCUT2D eigenvalue weighted by Gasteiger charge is 2.17. The third kappa shape index (κ3) is 4.07. The third-order valence-electron chi connectivity index (χ3n) is 4.70. The Morgan fingerprint density at radius 3 is 2.73 bits per heavy atom. The average molecular weight is 367 g/mol. The second-order valence-corrected chi connectivity index (χ2v) is 7.55. The fourth-order valence-corrected chi connectivity index (χ4v) is 3.92. The number of carbonyl (C=O) groups excluding carboxylic acids is 1. The van der Waals surface area contributed by atoms with Crippen LogP contribution in [0.2, 0.25) is 0 Å². The standard InChI is InChI=1S/C20H21N3O2S/c24-18(21-17-8-2-1-3-9-17)13-26-20-23-22-19(25-20)16-11-10-14-6-4-5-7-15(14)12-16/h4-7,10-12,17H,1-3,8-9,13H2,(H,21,24). The molecule has 26 heavy (non-hydrogen) atoms. The summed E-state index contributed by atoms with van der Waals surface area (Å²) in [5.74, 6) is 0.814. The first-order chi connectivity index (χ1) is 12.8. The van der Waals surface area contributed by atoms with Crippen molar-refractivity contribution in [1.82, 2.24) is 15.5 Å². The molecule has 0 aliphatic heterocycles. The predicted molar refractivity (Wildman–Crippen MR) is 103 cm³/mol. The molecule has 1 saturated carbocycles. The van der Waals surface area contributed by atoms with Crippen LogP contribution < -0.4 is 5.32 Å². The van der Waals surface area contributed by atoms with Crippen molar-refractivity contribution in [1.29, 1.82) is 0 Å². The van der Waals surface area contributed by atoms with E-state index in [1.807, 2.05) is 30.3 Å². The van der Waals surface area contributed by atoms with Gasteiger partial charge in [0.1, 0.15) is 0 Å². The summed E-state index contributed by atoms with van der Waals surface area (Å²) in [6.07, 6.45) is 5.86. The lowest BCUT2D eigenvalue weighted by molar-refractivity contribution is -0.119. The molecule has 1 amide bonds. The number of fused-ring (bicyclic) bond motifs is 1. The Morgan fingerprint density at radius 1 is 1.08 bits per heavy atom. The van der Waals surface area contributed by atoms with E-state index in [0.717, 1.165) is 23.8 Å². The summed E-state index contributed by atoms with van der Waals surface area (Å²) in [4.78, 5) is 12.1. The van der Waals surface area contributed by atoms with E-state index >= 15 is 0 Å². The van der Waals surface area contributed by atoms with E-state index < -0.39 is 0 Å². The first-order valence-electron chi connectivity index (χ1n) is 9.03. The fourth-order valence-electron chi connectivity index (χ4n) is 3.35. The van der Waals surface area contributed by atoms with Gasteiger partial charge in [-0.2, -0.15) is 0 Å². The Labute approximate surface area is 156 Å². The number of nitrogens with one attached hydrogen (secondary N) is 1. The van der Waals surface area contributed by atoms with Crippen molar-refractivity contribution >= 4 is 28.4 Å². The molecule has 6 heteroatoms. The summed E-state index contributed by atoms with van der Waals surface area (Å²) < 4.78 is 5.72. The van der Waals surface area contributed by atoms with E-state index in [1.165, 1.54) is 36.4 Å². The monoisotopic (exact) mass is 367 g/mol. The topological polar surface area (TPSA) is 68.0 Å². The van der Waals surface area contributed by atoms with Gasteiger partial charge in [0, 0.05) is 11.6 Å². The molecular formula is C20H21N3O2S. The number of rotatable bonds is 5. The van der Waals surface area contributed by atoms with Crippen LogP contribution in [0.4, 0.5) is 0 Å². The lowest BCUT2D eigenvalue weighted by Crippen LogP contribution is -2.37. The Bertz CT molecular complexity index is 903. The van der Waals surface area contributed by atoms with E-state index in [4.69, 9.17) is 4.42 Å². The number of thioether (sulfide) groups is 1. The zero-order valence-corrected chi connectivity index (χ0v) is 15.3. The molecular weight excluding hydrogens is 346 g/mol. The highest BCUT2D eigenvalue weighted by molar-refractivity contribution is 7.99. The molecule has 1 fully saturated rings. The van der Waals surface area contributed by atoms with Crippen LogP contribution >= 0.6 is 11.8 Å². The number of hydrogen-bond donors (Lipinski definition) is 1. The van der Waals surface area contributed by atoms with Crippen molar-refractivity contribution < 1.29 is 9.21 Å². The SMILES string of the molecule is O=C(CSc1nnc(-c2ccc3ccccc3c2)o1)NC1CCCCC1. The Hall–Kier alpha value is -2.34. The maximum absolute atomic E-state index is 12.1. The lowest BCUT2D eigenvalue weighted by atomic mass is 9.95. The number of nitrogens with zero attached hydrogens (tertiary/aromatic N) is 2. The quantitative estimate of drug-likeness (QED) is 0.676. The van der Waals surface area contributed by atoms with Gasteiger partial charge in [-0.3, -0.25) is 4.79 Å². The highest BCUT2D eigenvalue weighted by Crippen LogP contribution is 2.26. The zero-order valence-electron chi connectivity index (χ0n) is 14.5. The van der Waals surface area contributed by atoms with Crippen LogP contribution in [-0.2, 0) is 4.79 Å². The fraction of sp³-hybridized carbons (Fsp3) is 0.350. The summed E-state index contributed by atoms with van der Waals surface area (Å²) in [5.41, 5.74) is 0.884. The molecule has 3 aromatic rings. The Balaban J connectivity index is 1.37. The number of amides is 1. The Kier molecular flexibility index (Phi) is 5.20. The average Bonchev–Trinajstić information content (AvgIpc) is 3.16. The van der Waals surface area contributed by atoms with Crippen molar-refractivity contribution in [2.24, 2.45) is 0 Å². The van der Waals surface area contributed by atoms with Gasteiger partial charge >= 0.3 is 0 Å². The molecule has 1 N–H and O–H groups in total. The van der Waals surface area contributed by atoms with Crippen molar-refractivity contribution in [2.45, 2.75) is 43.4 Å². The first kappa shape index (κ1) is 17.1. The maximum Gasteiger partial charge on any atom is 0.277 e. The van der Waals surface area contributed by atoms with Gasteiger partial charge in [0.05, 0.1) is 5.75 Å². The van der Waals surface area contributed by atoms with Crippen LogP contribution in [0.5, 0.6) is 0 Å². The summed E-state index contributed by atoms with van der Waals surface area (Å²) in [6, 6.07) is 14.5. The van der Waals surface area contributed by atoms with Gasteiger partial charge in [-0.15, -0.1) is 10.2 Å². The largest absolute Gasteiger partial charge is 0.411 e. The van der Waals surface area contributed by atoms with Gasteiger partial charge < -0.3 is 9.73 Å². The maximum atomic E-state index is 12.1. The van der Waals surface area contributed by atoms with Gasteiger partial charge in [0.2, 0.25) is 11.8 Å². The van der Waals surface area contributed by atoms with E-state index in [1.54, 1.807) is 0 Å². The molecule has 4 rings (SSSR count). The van der Waals surface area contributed by atoms with E-state index in [0.29, 0.717) is 22.9 Å². The van der Waals surface area contributed by atoms with Crippen LogP contribution in [0.3, 0.4) is 0 Å². The van der Waals surface area contributed by atoms with Crippen molar-refractivity contribution in [3.05, 3.63) is 42.5 Å². The number of aromatic nitrogens is 2. The van der Waals surface area contributed by atoms with Gasteiger partial charge in [0.15, 0.2) is 0 Å². The van der Waals surface area contributed by atoms with Crippen molar-refractivity contribution in [2.75, 3.05) is 5.75 Å². The molecule has 0 spiro atoms. The van der Waals surface area contributed by atoms with Gasteiger partial charge in [-0.1, -0.05) is 61.4 Å². The van der Waals surface area contributed by atoms with Crippen molar-refractivity contribution in [3.63, 3.8) is 0 Å². The van der Waals surface area contributed by atoms with Gasteiger partial charge in [-0.05, 0) is 35.7 Å². The van der Waals surface area contributed by atoms with Crippen LogP contribution in [0.15, 0.2) is 52.1 Å². The Morgan fingerprint density at radius 2 is 1.88 bits per heavy atom. The summed E-state index contributed by atoms with van der Waals surface area (Å²) >= 11 is 1.28. The minimum absolute atomic E-state index is 0.0346. The number of benzene rings is 2. The summed E-state index contributed by atoms with van der Waals surface area (Å²) in [7, 11) is 0. The van der Waals surface area contributed by atoms with Gasteiger partial charge in [-0.25, -0.2) is 0 Å². The summed E-state index contributed by atoms with van der Waals surface area (Å²) in [5, 5.41) is 14.0. The predicted octanol–water partition coefficient (Wildman–Crippen LogP) is 4.43. The molecule has 0 saturated heterocycles. The van der Waals surface area contributed by atoms with Crippen LogP contribution in [0.1, 0.15) is 32.1 Å². The molecule has 134 valence electrons. The van der Waals surface area contributed by atoms with E-state index in [9.17, 15) is 4.79 Å². The highest BCUT2D eigenvalue weighted by atomic mass is 32.2. The van der Waals surface area contributed by atoms with E-state index in [-0.39, 0.29) is 5.91 Å². The first-order valence-corrected chi connectivity index (χ1v) is 10.0. The minimum Gasteiger partial charge on any atom is -0.411 e.